The Morgan fingerprint density at radius 2 is 2.15 bits per heavy atom. The van der Waals surface area contributed by atoms with Crippen LogP contribution in [0.4, 0.5) is 0 Å². The zero-order valence-corrected chi connectivity index (χ0v) is 13.4. The molecule has 0 saturated heterocycles. The SMILES string of the molecule is CC(C)(N)c1sc(Cc2cccc(Cl)c2)nc1C1CC1. The second-order valence-electron chi connectivity index (χ2n) is 6.12. The molecule has 1 aliphatic rings. The Morgan fingerprint density at radius 3 is 2.75 bits per heavy atom. The van der Waals surface area contributed by atoms with Crippen LogP contribution in [0.5, 0.6) is 0 Å². The summed E-state index contributed by atoms with van der Waals surface area (Å²) in [6.07, 6.45) is 3.34. The molecule has 0 aliphatic heterocycles. The molecule has 106 valence electrons. The molecule has 1 aromatic heterocycles. The van der Waals surface area contributed by atoms with Crippen molar-refractivity contribution in [2.45, 2.75) is 44.6 Å². The summed E-state index contributed by atoms with van der Waals surface area (Å²) < 4.78 is 0. The summed E-state index contributed by atoms with van der Waals surface area (Å²) in [4.78, 5) is 6.11. The molecule has 20 heavy (non-hydrogen) atoms. The molecule has 0 unspecified atom stereocenters. The van der Waals surface area contributed by atoms with Gasteiger partial charge in [0.25, 0.3) is 0 Å². The van der Waals surface area contributed by atoms with Gasteiger partial charge in [-0.2, -0.15) is 0 Å². The highest BCUT2D eigenvalue weighted by molar-refractivity contribution is 7.12. The molecule has 0 amide bonds. The maximum Gasteiger partial charge on any atom is 0.0975 e. The molecule has 0 spiro atoms. The van der Waals surface area contributed by atoms with E-state index >= 15 is 0 Å². The second kappa shape index (κ2) is 5.14. The minimum atomic E-state index is -0.303. The molecule has 1 heterocycles. The predicted octanol–water partition coefficient (Wildman–Crippen LogP) is 4.46. The van der Waals surface area contributed by atoms with Gasteiger partial charge in [-0.15, -0.1) is 11.3 Å². The first-order valence-corrected chi connectivity index (χ1v) is 8.16. The molecular weight excluding hydrogens is 288 g/mol. The molecular formula is C16H19ClN2S. The van der Waals surface area contributed by atoms with E-state index in [-0.39, 0.29) is 5.54 Å². The van der Waals surface area contributed by atoms with Gasteiger partial charge in [-0.05, 0) is 44.4 Å². The van der Waals surface area contributed by atoms with Gasteiger partial charge in [-0.1, -0.05) is 23.7 Å². The van der Waals surface area contributed by atoms with E-state index in [0.717, 1.165) is 16.5 Å². The van der Waals surface area contributed by atoms with E-state index in [4.69, 9.17) is 22.3 Å². The fraction of sp³-hybridized carbons (Fsp3) is 0.438. The van der Waals surface area contributed by atoms with Crippen molar-refractivity contribution in [3.8, 4) is 0 Å². The van der Waals surface area contributed by atoms with Crippen molar-refractivity contribution in [1.82, 2.24) is 4.98 Å². The summed E-state index contributed by atoms with van der Waals surface area (Å²) in [6.45, 7) is 4.13. The minimum Gasteiger partial charge on any atom is -0.321 e. The number of nitrogens with two attached hydrogens (primary N) is 1. The smallest absolute Gasteiger partial charge is 0.0975 e. The van der Waals surface area contributed by atoms with Crippen molar-refractivity contribution in [2.75, 3.05) is 0 Å². The summed E-state index contributed by atoms with van der Waals surface area (Å²) in [7, 11) is 0. The van der Waals surface area contributed by atoms with Crippen molar-refractivity contribution in [3.05, 3.63) is 50.4 Å². The fourth-order valence-corrected chi connectivity index (χ4v) is 3.78. The standard InChI is InChI=1S/C16H19ClN2S/c1-16(2,18)15-14(11-6-7-11)19-13(20-15)9-10-4-3-5-12(17)8-10/h3-5,8,11H,6-7,9,18H2,1-2H3. The van der Waals surface area contributed by atoms with Gasteiger partial charge in [0.2, 0.25) is 0 Å². The zero-order chi connectivity index (χ0) is 14.3. The van der Waals surface area contributed by atoms with Gasteiger partial charge in [0, 0.05) is 27.8 Å². The van der Waals surface area contributed by atoms with Crippen LogP contribution in [0.3, 0.4) is 0 Å². The normalized spacial score (nSPS) is 15.6. The largest absolute Gasteiger partial charge is 0.321 e. The van der Waals surface area contributed by atoms with E-state index in [1.165, 1.54) is 29.0 Å². The van der Waals surface area contributed by atoms with Crippen LogP contribution in [0.25, 0.3) is 0 Å². The van der Waals surface area contributed by atoms with Crippen LogP contribution in [0, 0.1) is 0 Å². The summed E-state index contributed by atoms with van der Waals surface area (Å²) in [5.41, 5.74) is 8.44. The molecule has 3 rings (SSSR count). The lowest BCUT2D eigenvalue weighted by atomic mass is 10.0. The van der Waals surface area contributed by atoms with Crippen molar-refractivity contribution < 1.29 is 0 Å². The van der Waals surface area contributed by atoms with Crippen LogP contribution in [0.1, 0.15) is 53.7 Å². The van der Waals surface area contributed by atoms with E-state index in [9.17, 15) is 0 Å². The van der Waals surface area contributed by atoms with Crippen LogP contribution < -0.4 is 5.73 Å². The van der Waals surface area contributed by atoms with E-state index in [1.807, 2.05) is 18.2 Å². The first kappa shape index (κ1) is 14.1. The molecule has 1 saturated carbocycles. The van der Waals surface area contributed by atoms with Crippen LogP contribution >= 0.6 is 22.9 Å². The van der Waals surface area contributed by atoms with Crippen molar-refractivity contribution in [3.63, 3.8) is 0 Å². The zero-order valence-electron chi connectivity index (χ0n) is 11.8. The molecule has 2 N–H and O–H groups in total. The fourth-order valence-electron chi connectivity index (χ4n) is 2.37. The molecule has 2 aromatic rings. The number of hydrogen-bond acceptors (Lipinski definition) is 3. The Kier molecular flexibility index (Phi) is 3.61. The number of rotatable bonds is 4. The number of aromatic nitrogens is 1. The summed E-state index contributed by atoms with van der Waals surface area (Å²) in [6, 6.07) is 7.99. The van der Waals surface area contributed by atoms with E-state index in [1.54, 1.807) is 11.3 Å². The van der Waals surface area contributed by atoms with Crippen LogP contribution in [-0.4, -0.2) is 4.98 Å². The average molecular weight is 307 g/mol. The molecule has 1 aliphatic carbocycles. The lowest BCUT2D eigenvalue weighted by molar-refractivity contribution is 0.558. The summed E-state index contributed by atoms with van der Waals surface area (Å²) in [5, 5.41) is 1.92. The summed E-state index contributed by atoms with van der Waals surface area (Å²) in [5.74, 6) is 0.636. The van der Waals surface area contributed by atoms with Crippen molar-refractivity contribution in [2.24, 2.45) is 5.73 Å². The van der Waals surface area contributed by atoms with Gasteiger partial charge in [0.1, 0.15) is 0 Å². The molecule has 1 aromatic carbocycles. The number of thiazole rings is 1. The number of hydrogen-bond donors (Lipinski definition) is 1. The van der Waals surface area contributed by atoms with Gasteiger partial charge in [-0.3, -0.25) is 0 Å². The summed E-state index contributed by atoms with van der Waals surface area (Å²) >= 11 is 7.80. The van der Waals surface area contributed by atoms with E-state index in [2.05, 4.69) is 19.9 Å². The number of benzene rings is 1. The van der Waals surface area contributed by atoms with E-state index < -0.39 is 0 Å². The lowest BCUT2D eigenvalue weighted by Crippen LogP contribution is -2.28. The second-order valence-corrected chi connectivity index (χ2v) is 7.64. The number of nitrogens with zero attached hydrogens (tertiary/aromatic N) is 1. The Hall–Kier alpha value is -0.900. The quantitative estimate of drug-likeness (QED) is 0.906. The first-order valence-electron chi connectivity index (χ1n) is 6.97. The van der Waals surface area contributed by atoms with Crippen LogP contribution in [0.15, 0.2) is 24.3 Å². The lowest BCUT2D eigenvalue weighted by Gasteiger charge is -2.17. The van der Waals surface area contributed by atoms with Gasteiger partial charge in [0.15, 0.2) is 0 Å². The molecule has 0 atom stereocenters. The maximum absolute atomic E-state index is 6.30. The van der Waals surface area contributed by atoms with Gasteiger partial charge in [0.05, 0.1) is 10.7 Å². The molecule has 1 fully saturated rings. The topological polar surface area (TPSA) is 38.9 Å². The van der Waals surface area contributed by atoms with Crippen LogP contribution in [0.2, 0.25) is 5.02 Å². The Bertz CT molecular complexity index is 624. The highest BCUT2D eigenvalue weighted by Gasteiger charge is 2.33. The van der Waals surface area contributed by atoms with Crippen molar-refractivity contribution in [1.29, 1.82) is 0 Å². The molecule has 4 heteroatoms. The van der Waals surface area contributed by atoms with Gasteiger partial charge < -0.3 is 5.73 Å². The molecule has 0 bridgehead atoms. The molecule has 2 nitrogen and oxygen atoms in total. The predicted molar refractivity (Wildman–Crippen MR) is 85.6 cm³/mol. The average Bonchev–Trinajstić information content (AvgIpc) is 3.10. The monoisotopic (exact) mass is 306 g/mol. The van der Waals surface area contributed by atoms with Gasteiger partial charge in [-0.25, -0.2) is 4.98 Å². The third kappa shape index (κ3) is 3.05. The Labute approximate surface area is 129 Å². The highest BCUT2D eigenvalue weighted by atomic mass is 35.5. The Balaban J connectivity index is 1.91. The number of halogens is 1. The third-order valence-corrected chi connectivity index (χ3v) is 5.14. The Morgan fingerprint density at radius 1 is 1.40 bits per heavy atom. The molecule has 0 radical (unpaired) electrons. The van der Waals surface area contributed by atoms with Gasteiger partial charge >= 0.3 is 0 Å². The first-order chi connectivity index (χ1) is 9.43. The van der Waals surface area contributed by atoms with E-state index in [0.29, 0.717) is 5.92 Å². The maximum atomic E-state index is 6.30. The highest BCUT2D eigenvalue weighted by Crippen LogP contribution is 2.45. The van der Waals surface area contributed by atoms with Crippen molar-refractivity contribution >= 4 is 22.9 Å². The van der Waals surface area contributed by atoms with Crippen LogP contribution in [-0.2, 0) is 12.0 Å². The third-order valence-electron chi connectivity index (χ3n) is 3.49. The minimum absolute atomic E-state index is 0.303.